The van der Waals surface area contributed by atoms with Gasteiger partial charge in [-0.25, -0.2) is 9.78 Å². The number of nitrogens with zero attached hydrogens (tertiary/aromatic N) is 1. The molecule has 1 heterocycles. The van der Waals surface area contributed by atoms with E-state index in [0.717, 1.165) is 5.69 Å². The van der Waals surface area contributed by atoms with Crippen molar-refractivity contribution in [2.24, 2.45) is 0 Å². The molecule has 5 nitrogen and oxygen atoms in total. The summed E-state index contributed by atoms with van der Waals surface area (Å²) >= 11 is 1.50. The maximum absolute atomic E-state index is 11.9. The van der Waals surface area contributed by atoms with E-state index in [0.29, 0.717) is 13.0 Å². The molecule has 2 rings (SSSR count). The molecule has 1 aromatic carbocycles. The van der Waals surface area contributed by atoms with Crippen molar-refractivity contribution >= 4 is 23.2 Å². The van der Waals surface area contributed by atoms with Crippen LogP contribution < -0.4 is 5.32 Å². The summed E-state index contributed by atoms with van der Waals surface area (Å²) in [6.45, 7) is 0.427. The second-order valence-electron chi connectivity index (χ2n) is 3.84. The number of carboxylic acid groups (broad SMARTS) is 1. The molecule has 0 bridgehead atoms. The first kappa shape index (κ1) is 13.2. The van der Waals surface area contributed by atoms with Gasteiger partial charge >= 0.3 is 5.97 Å². The number of nitrogens with one attached hydrogen (secondary N) is 1. The number of hydrogen-bond donors (Lipinski definition) is 2. The first-order valence-corrected chi connectivity index (χ1v) is 6.60. The Bertz CT molecular complexity index is 581. The van der Waals surface area contributed by atoms with E-state index in [9.17, 15) is 9.59 Å². The molecule has 6 heteroatoms. The highest BCUT2D eigenvalue weighted by atomic mass is 32.1. The number of hydrogen-bond acceptors (Lipinski definition) is 4. The highest BCUT2D eigenvalue weighted by Crippen LogP contribution is 2.08. The maximum atomic E-state index is 11.9. The molecule has 19 heavy (non-hydrogen) atoms. The minimum atomic E-state index is -1.11. The van der Waals surface area contributed by atoms with Crippen LogP contribution in [0.3, 0.4) is 0 Å². The van der Waals surface area contributed by atoms with Gasteiger partial charge in [-0.3, -0.25) is 4.79 Å². The third kappa shape index (κ3) is 3.38. The normalized spacial score (nSPS) is 10.1. The molecule has 2 N–H and O–H groups in total. The number of carbonyl (C=O) groups is 2. The Morgan fingerprint density at radius 3 is 2.63 bits per heavy atom. The second-order valence-corrected chi connectivity index (χ2v) is 4.56. The van der Waals surface area contributed by atoms with Crippen LogP contribution in [0.15, 0.2) is 35.2 Å². The number of benzene rings is 1. The lowest BCUT2D eigenvalue weighted by Crippen LogP contribution is -2.27. The van der Waals surface area contributed by atoms with Crippen molar-refractivity contribution in [3.63, 3.8) is 0 Å². The van der Waals surface area contributed by atoms with Gasteiger partial charge in [0.05, 0.1) is 22.3 Å². The van der Waals surface area contributed by atoms with Crippen molar-refractivity contribution in [2.75, 3.05) is 6.54 Å². The Balaban J connectivity index is 1.98. The van der Waals surface area contributed by atoms with E-state index in [-0.39, 0.29) is 17.0 Å². The average molecular weight is 276 g/mol. The zero-order chi connectivity index (χ0) is 13.7. The van der Waals surface area contributed by atoms with Gasteiger partial charge in [0.2, 0.25) is 0 Å². The predicted molar refractivity (Wildman–Crippen MR) is 71.6 cm³/mol. The molecule has 2 aromatic rings. The van der Waals surface area contributed by atoms with Crippen LogP contribution >= 0.6 is 11.3 Å². The molecule has 0 aliphatic carbocycles. The quantitative estimate of drug-likeness (QED) is 0.873. The van der Waals surface area contributed by atoms with Crippen molar-refractivity contribution in [1.82, 2.24) is 10.3 Å². The number of carbonyl (C=O) groups excluding carboxylic acids is 1. The molecular formula is C13H12N2O3S. The molecule has 0 aliphatic rings. The molecule has 0 saturated heterocycles. The van der Waals surface area contributed by atoms with Crippen molar-refractivity contribution in [2.45, 2.75) is 6.42 Å². The third-order valence-electron chi connectivity index (χ3n) is 2.55. The molecule has 0 fully saturated rings. The lowest BCUT2D eigenvalue weighted by molar-refractivity contribution is 0.0691. The van der Waals surface area contributed by atoms with Gasteiger partial charge in [0, 0.05) is 18.3 Å². The number of carboxylic acids is 1. The number of aromatic carboxylic acids is 1. The summed E-state index contributed by atoms with van der Waals surface area (Å²) in [6, 6.07) is 6.15. The van der Waals surface area contributed by atoms with Gasteiger partial charge in [-0.1, -0.05) is 12.1 Å². The number of rotatable bonds is 5. The van der Waals surface area contributed by atoms with E-state index in [1.165, 1.54) is 23.5 Å². The molecule has 0 aliphatic heterocycles. The van der Waals surface area contributed by atoms with E-state index in [1.807, 2.05) is 5.38 Å². The fourth-order valence-electron chi connectivity index (χ4n) is 1.63. The zero-order valence-electron chi connectivity index (χ0n) is 10.00. The summed E-state index contributed by atoms with van der Waals surface area (Å²) in [5.41, 5.74) is 2.83. The molecule has 0 saturated carbocycles. The summed E-state index contributed by atoms with van der Waals surface area (Å²) < 4.78 is 0. The number of thiazole rings is 1. The number of aromatic nitrogens is 1. The monoisotopic (exact) mass is 276 g/mol. The van der Waals surface area contributed by atoms with Gasteiger partial charge in [-0.15, -0.1) is 11.3 Å². The first-order valence-electron chi connectivity index (χ1n) is 5.66. The average Bonchev–Trinajstić information content (AvgIpc) is 2.91. The van der Waals surface area contributed by atoms with E-state index < -0.39 is 5.97 Å². The van der Waals surface area contributed by atoms with Crippen LogP contribution in [0.4, 0.5) is 0 Å². The summed E-state index contributed by atoms with van der Waals surface area (Å²) in [7, 11) is 0. The fraction of sp³-hybridized carbons (Fsp3) is 0.154. The zero-order valence-corrected chi connectivity index (χ0v) is 10.8. The Labute approximate surface area is 113 Å². The topological polar surface area (TPSA) is 79.3 Å². The summed E-state index contributed by atoms with van der Waals surface area (Å²) in [4.78, 5) is 27.0. The Kier molecular flexibility index (Phi) is 4.25. The summed E-state index contributed by atoms with van der Waals surface area (Å²) in [6.07, 6.45) is 0.629. The van der Waals surface area contributed by atoms with E-state index in [2.05, 4.69) is 10.3 Å². The molecular weight excluding hydrogens is 264 g/mol. The van der Waals surface area contributed by atoms with Crippen LogP contribution in [-0.4, -0.2) is 28.5 Å². The van der Waals surface area contributed by atoms with Crippen molar-refractivity contribution < 1.29 is 14.7 Å². The lowest BCUT2D eigenvalue weighted by Gasteiger charge is -2.06. The van der Waals surface area contributed by atoms with Crippen LogP contribution in [0.5, 0.6) is 0 Å². The molecule has 98 valence electrons. The number of amides is 1. The van der Waals surface area contributed by atoms with E-state index in [1.54, 1.807) is 17.6 Å². The van der Waals surface area contributed by atoms with Crippen LogP contribution in [-0.2, 0) is 6.42 Å². The third-order valence-corrected chi connectivity index (χ3v) is 3.19. The summed E-state index contributed by atoms with van der Waals surface area (Å²) in [5.74, 6) is -1.49. The van der Waals surface area contributed by atoms with Crippen LogP contribution in [0.1, 0.15) is 26.4 Å². The van der Waals surface area contributed by atoms with Gasteiger partial charge in [-0.2, -0.15) is 0 Å². The van der Waals surface area contributed by atoms with Crippen molar-refractivity contribution in [1.29, 1.82) is 0 Å². The molecule has 0 spiro atoms. The van der Waals surface area contributed by atoms with Gasteiger partial charge < -0.3 is 10.4 Å². The highest BCUT2D eigenvalue weighted by Gasteiger charge is 2.15. The smallest absolute Gasteiger partial charge is 0.336 e. The molecule has 1 amide bonds. The minimum absolute atomic E-state index is 0.00802. The first-order chi connectivity index (χ1) is 9.18. The largest absolute Gasteiger partial charge is 0.478 e. The van der Waals surface area contributed by atoms with Crippen molar-refractivity contribution in [3.8, 4) is 0 Å². The Hall–Kier alpha value is -2.21. The van der Waals surface area contributed by atoms with Gasteiger partial charge in [0.15, 0.2) is 0 Å². The van der Waals surface area contributed by atoms with Gasteiger partial charge in [-0.05, 0) is 12.1 Å². The van der Waals surface area contributed by atoms with Gasteiger partial charge in [0.25, 0.3) is 5.91 Å². The minimum Gasteiger partial charge on any atom is -0.478 e. The maximum Gasteiger partial charge on any atom is 0.336 e. The Morgan fingerprint density at radius 1 is 1.26 bits per heavy atom. The van der Waals surface area contributed by atoms with Crippen LogP contribution in [0, 0.1) is 0 Å². The summed E-state index contributed by atoms with van der Waals surface area (Å²) in [5, 5.41) is 13.6. The molecule has 0 radical (unpaired) electrons. The van der Waals surface area contributed by atoms with Gasteiger partial charge in [0.1, 0.15) is 0 Å². The molecule has 1 aromatic heterocycles. The molecule has 0 atom stereocenters. The Morgan fingerprint density at radius 2 is 2.00 bits per heavy atom. The standard InChI is InChI=1S/C13H12N2O3S/c16-12(14-6-5-9-7-19-8-15-9)10-3-1-2-4-11(10)13(17)18/h1-4,7-8H,5-6H2,(H,14,16)(H,17,18). The van der Waals surface area contributed by atoms with E-state index >= 15 is 0 Å². The lowest BCUT2D eigenvalue weighted by atomic mass is 10.1. The second kappa shape index (κ2) is 6.10. The van der Waals surface area contributed by atoms with Crippen LogP contribution in [0.25, 0.3) is 0 Å². The predicted octanol–water partition coefficient (Wildman–Crippen LogP) is 1.81. The molecule has 0 unspecified atom stereocenters. The van der Waals surface area contributed by atoms with Crippen LogP contribution in [0.2, 0.25) is 0 Å². The van der Waals surface area contributed by atoms with E-state index in [4.69, 9.17) is 5.11 Å². The fourth-order valence-corrected chi connectivity index (χ4v) is 2.22. The van der Waals surface area contributed by atoms with Crippen molar-refractivity contribution in [3.05, 3.63) is 52.0 Å². The highest BCUT2D eigenvalue weighted by molar-refractivity contribution is 7.07. The SMILES string of the molecule is O=C(O)c1ccccc1C(=O)NCCc1cscn1.